The number of amides is 1. The van der Waals surface area contributed by atoms with Crippen molar-refractivity contribution in [3.05, 3.63) is 75.5 Å². The van der Waals surface area contributed by atoms with Crippen LogP contribution >= 0.6 is 0 Å². The fourth-order valence-electron chi connectivity index (χ4n) is 4.17. The molecule has 1 aliphatic heterocycles. The highest BCUT2D eigenvalue weighted by molar-refractivity contribution is 5.95. The molecule has 1 saturated heterocycles. The zero-order valence-electron chi connectivity index (χ0n) is 16.8. The van der Waals surface area contributed by atoms with Crippen LogP contribution in [0.2, 0.25) is 0 Å². The summed E-state index contributed by atoms with van der Waals surface area (Å²) in [4.78, 5) is 28.9. The van der Waals surface area contributed by atoms with Crippen LogP contribution in [-0.4, -0.2) is 58.1 Å². The Morgan fingerprint density at radius 1 is 1.17 bits per heavy atom. The van der Waals surface area contributed by atoms with Gasteiger partial charge in [-0.3, -0.25) is 14.5 Å². The van der Waals surface area contributed by atoms with E-state index in [1.807, 2.05) is 12.1 Å². The van der Waals surface area contributed by atoms with Crippen molar-refractivity contribution in [2.75, 3.05) is 20.1 Å². The standard InChI is InChI=1S/C23H23FN4O2/c1-27(15-7-8-15)16-12-28(13-16)23(30)19-10-14(6-9-20(19)24)11-21-17-4-2-3-5-18(17)22(29)26-25-21/h2-6,9-10,15-16H,7-8,11-13H2,1H3,(H,26,29). The number of carbonyl (C=O) groups excluding carboxylic acids is 1. The van der Waals surface area contributed by atoms with Gasteiger partial charge in [0, 0.05) is 37.0 Å². The van der Waals surface area contributed by atoms with Crippen LogP contribution in [0.3, 0.4) is 0 Å². The largest absolute Gasteiger partial charge is 0.335 e. The summed E-state index contributed by atoms with van der Waals surface area (Å²) in [7, 11) is 2.10. The molecule has 2 aromatic carbocycles. The van der Waals surface area contributed by atoms with Crippen LogP contribution in [0.4, 0.5) is 4.39 Å². The molecule has 1 aromatic heterocycles. The van der Waals surface area contributed by atoms with Crippen molar-refractivity contribution in [3.63, 3.8) is 0 Å². The SMILES string of the molecule is CN(C1CC1)C1CN(C(=O)c2cc(Cc3n[nH]c(=O)c4ccccc34)ccc2F)C1. The minimum Gasteiger partial charge on any atom is -0.335 e. The Morgan fingerprint density at radius 3 is 2.63 bits per heavy atom. The minimum atomic E-state index is -0.512. The number of benzene rings is 2. The Labute approximate surface area is 173 Å². The molecule has 154 valence electrons. The Morgan fingerprint density at radius 2 is 1.90 bits per heavy atom. The highest BCUT2D eigenvalue weighted by Gasteiger charge is 2.39. The lowest BCUT2D eigenvalue weighted by Gasteiger charge is -2.44. The Kier molecular flexibility index (Phi) is 4.62. The molecule has 7 heteroatoms. The van der Waals surface area contributed by atoms with Crippen LogP contribution in [0.5, 0.6) is 0 Å². The van der Waals surface area contributed by atoms with Gasteiger partial charge in [0.2, 0.25) is 0 Å². The second-order valence-electron chi connectivity index (χ2n) is 8.30. The van der Waals surface area contributed by atoms with E-state index >= 15 is 0 Å². The van der Waals surface area contributed by atoms with Gasteiger partial charge in [-0.1, -0.05) is 24.3 Å². The van der Waals surface area contributed by atoms with E-state index in [-0.39, 0.29) is 17.0 Å². The molecule has 0 radical (unpaired) electrons. The number of fused-ring (bicyclic) bond motifs is 1. The number of rotatable bonds is 5. The molecular weight excluding hydrogens is 383 g/mol. The van der Waals surface area contributed by atoms with E-state index in [1.165, 1.54) is 18.9 Å². The zero-order chi connectivity index (χ0) is 20.8. The van der Waals surface area contributed by atoms with E-state index in [9.17, 15) is 14.0 Å². The molecule has 2 fully saturated rings. The van der Waals surface area contributed by atoms with Gasteiger partial charge in [0.1, 0.15) is 5.82 Å². The van der Waals surface area contributed by atoms with Crippen molar-refractivity contribution in [2.45, 2.75) is 31.3 Å². The molecular formula is C23H23FN4O2. The van der Waals surface area contributed by atoms with Crippen molar-refractivity contribution in [1.29, 1.82) is 0 Å². The highest BCUT2D eigenvalue weighted by atomic mass is 19.1. The molecule has 2 aliphatic rings. The minimum absolute atomic E-state index is 0.0914. The molecule has 3 aromatic rings. The zero-order valence-corrected chi connectivity index (χ0v) is 16.8. The number of nitrogens with zero attached hydrogens (tertiary/aromatic N) is 3. The second kappa shape index (κ2) is 7.32. The first kappa shape index (κ1) is 18.9. The molecule has 2 heterocycles. The van der Waals surface area contributed by atoms with Crippen LogP contribution in [0.1, 0.15) is 34.5 Å². The summed E-state index contributed by atoms with van der Waals surface area (Å²) in [6, 6.07) is 12.9. The van der Waals surface area contributed by atoms with E-state index in [1.54, 1.807) is 29.2 Å². The lowest BCUT2D eigenvalue weighted by atomic mass is 10.00. The first-order chi connectivity index (χ1) is 14.5. The van der Waals surface area contributed by atoms with Gasteiger partial charge in [0.15, 0.2) is 0 Å². The summed E-state index contributed by atoms with van der Waals surface area (Å²) in [6.45, 7) is 1.28. The lowest BCUT2D eigenvalue weighted by molar-refractivity contribution is 0.0315. The third-order valence-electron chi connectivity index (χ3n) is 6.26. The van der Waals surface area contributed by atoms with Crippen LogP contribution < -0.4 is 5.56 Å². The summed E-state index contributed by atoms with van der Waals surface area (Å²) in [5, 5.41) is 8.02. The normalized spacial score (nSPS) is 16.8. The van der Waals surface area contributed by atoms with Gasteiger partial charge in [-0.15, -0.1) is 0 Å². The molecule has 1 N–H and O–H groups in total. The van der Waals surface area contributed by atoms with E-state index < -0.39 is 5.82 Å². The predicted octanol–water partition coefficient (Wildman–Crippen LogP) is 2.57. The number of hydrogen-bond acceptors (Lipinski definition) is 4. The van der Waals surface area contributed by atoms with Crippen molar-refractivity contribution >= 4 is 16.7 Å². The number of aromatic nitrogens is 2. The van der Waals surface area contributed by atoms with Crippen molar-refractivity contribution in [2.24, 2.45) is 0 Å². The molecule has 1 saturated carbocycles. The third-order valence-corrected chi connectivity index (χ3v) is 6.26. The number of nitrogens with one attached hydrogen (secondary N) is 1. The van der Waals surface area contributed by atoms with Crippen LogP contribution in [0.25, 0.3) is 10.8 Å². The quantitative estimate of drug-likeness (QED) is 0.707. The molecule has 0 bridgehead atoms. The molecule has 30 heavy (non-hydrogen) atoms. The van der Waals surface area contributed by atoms with Gasteiger partial charge in [-0.25, -0.2) is 9.49 Å². The third kappa shape index (κ3) is 3.39. The van der Waals surface area contributed by atoms with Crippen LogP contribution in [-0.2, 0) is 6.42 Å². The maximum atomic E-state index is 14.5. The maximum absolute atomic E-state index is 14.5. The summed E-state index contributed by atoms with van der Waals surface area (Å²) in [5.41, 5.74) is 1.31. The number of halogens is 1. The van der Waals surface area contributed by atoms with Gasteiger partial charge in [-0.2, -0.15) is 5.10 Å². The van der Waals surface area contributed by atoms with Crippen molar-refractivity contribution < 1.29 is 9.18 Å². The van der Waals surface area contributed by atoms with E-state index in [0.29, 0.717) is 42.7 Å². The van der Waals surface area contributed by atoms with E-state index in [2.05, 4.69) is 22.1 Å². The second-order valence-corrected chi connectivity index (χ2v) is 8.30. The Bertz CT molecular complexity index is 1180. The lowest BCUT2D eigenvalue weighted by Crippen LogP contribution is -2.60. The van der Waals surface area contributed by atoms with Gasteiger partial charge in [-0.05, 0) is 43.7 Å². The number of H-pyrrole nitrogens is 1. The first-order valence-corrected chi connectivity index (χ1v) is 10.3. The summed E-state index contributed by atoms with van der Waals surface area (Å²) in [5.74, 6) is -0.781. The number of likely N-dealkylation sites (N-methyl/N-ethyl adjacent to an activating group) is 1. The summed E-state index contributed by atoms with van der Waals surface area (Å²) < 4.78 is 14.5. The topological polar surface area (TPSA) is 69.3 Å². The van der Waals surface area contributed by atoms with Crippen LogP contribution in [0, 0.1) is 5.82 Å². The fraction of sp³-hybridized carbons (Fsp3) is 0.348. The molecule has 0 atom stereocenters. The molecule has 0 spiro atoms. The summed E-state index contributed by atoms with van der Waals surface area (Å²) in [6.07, 6.45) is 2.85. The number of likely N-dealkylation sites (tertiary alicyclic amines) is 1. The first-order valence-electron chi connectivity index (χ1n) is 10.3. The van der Waals surface area contributed by atoms with E-state index in [4.69, 9.17) is 0 Å². The average Bonchev–Trinajstić information content (AvgIpc) is 3.56. The number of hydrogen-bond donors (Lipinski definition) is 1. The summed E-state index contributed by atoms with van der Waals surface area (Å²) >= 11 is 0. The van der Waals surface area contributed by atoms with Crippen LogP contribution in [0.15, 0.2) is 47.3 Å². The van der Waals surface area contributed by atoms with Gasteiger partial charge in [0.25, 0.3) is 11.5 Å². The van der Waals surface area contributed by atoms with Gasteiger partial charge in [0.05, 0.1) is 16.6 Å². The number of aromatic amines is 1. The average molecular weight is 406 g/mol. The number of carbonyl (C=O) groups is 1. The molecule has 1 amide bonds. The smallest absolute Gasteiger partial charge is 0.272 e. The van der Waals surface area contributed by atoms with Gasteiger partial charge >= 0.3 is 0 Å². The molecule has 5 rings (SSSR count). The highest BCUT2D eigenvalue weighted by Crippen LogP contribution is 2.30. The molecule has 1 aliphatic carbocycles. The molecule has 0 unspecified atom stereocenters. The van der Waals surface area contributed by atoms with Crippen molar-refractivity contribution in [1.82, 2.24) is 20.0 Å². The fourth-order valence-corrected chi connectivity index (χ4v) is 4.17. The van der Waals surface area contributed by atoms with Crippen molar-refractivity contribution in [3.8, 4) is 0 Å². The maximum Gasteiger partial charge on any atom is 0.272 e. The Hall–Kier alpha value is -3.06. The predicted molar refractivity (Wildman–Crippen MR) is 112 cm³/mol. The van der Waals surface area contributed by atoms with Gasteiger partial charge < -0.3 is 4.90 Å². The monoisotopic (exact) mass is 406 g/mol. The Balaban J connectivity index is 1.36. The van der Waals surface area contributed by atoms with E-state index in [0.717, 1.165) is 10.9 Å². The molecule has 6 nitrogen and oxygen atoms in total.